The highest BCUT2D eigenvalue weighted by molar-refractivity contribution is 5.59. The van der Waals surface area contributed by atoms with Crippen LogP contribution >= 0.6 is 0 Å². The number of nitrogens with zero attached hydrogens (tertiary/aromatic N) is 1. The molecule has 1 aromatic carbocycles. The summed E-state index contributed by atoms with van der Waals surface area (Å²) in [4.78, 5) is 4.15. The molecule has 0 unspecified atom stereocenters. The lowest BCUT2D eigenvalue weighted by Crippen LogP contribution is -1.90. The average molecular weight is 219 g/mol. The number of halogens is 2. The Kier molecular flexibility index (Phi) is 2.95. The van der Waals surface area contributed by atoms with E-state index in [1.54, 1.807) is 12.3 Å². The molecule has 0 aliphatic heterocycles. The van der Waals surface area contributed by atoms with Crippen molar-refractivity contribution in [2.75, 3.05) is 0 Å². The maximum Gasteiger partial charge on any atom is 0.135 e. The summed E-state index contributed by atoms with van der Waals surface area (Å²) in [5.41, 5.74) is 1.94. The quantitative estimate of drug-likeness (QED) is 0.752. The average Bonchev–Trinajstić information content (AvgIpc) is 2.29. The lowest BCUT2D eigenvalue weighted by atomic mass is 10.1. The van der Waals surface area contributed by atoms with E-state index < -0.39 is 11.6 Å². The molecule has 16 heavy (non-hydrogen) atoms. The van der Waals surface area contributed by atoms with Crippen molar-refractivity contribution in [2.24, 2.45) is 0 Å². The fourth-order valence-electron chi connectivity index (χ4n) is 1.49. The Morgan fingerprint density at radius 1 is 1.12 bits per heavy atom. The van der Waals surface area contributed by atoms with Crippen LogP contribution < -0.4 is 0 Å². The lowest BCUT2D eigenvalue weighted by Gasteiger charge is -2.03. The van der Waals surface area contributed by atoms with Gasteiger partial charge in [-0.15, -0.1) is 0 Å². The maximum absolute atomic E-state index is 13.4. The molecule has 0 aliphatic carbocycles. The number of hydrogen-bond acceptors (Lipinski definition) is 1. The minimum Gasteiger partial charge on any atom is -0.256 e. The van der Waals surface area contributed by atoms with E-state index in [-0.39, 0.29) is 0 Å². The zero-order chi connectivity index (χ0) is 11.5. The standard InChI is InChI=1S/C13H11F2N/c1-2-9-3-6-13(16-8-9)11-5-4-10(14)7-12(11)15/h3-8H,2H2,1H3. The van der Waals surface area contributed by atoms with Crippen molar-refractivity contribution in [3.63, 3.8) is 0 Å². The van der Waals surface area contributed by atoms with Gasteiger partial charge in [-0.25, -0.2) is 8.78 Å². The minimum atomic E-state index is -0.586. The second-order valence-corrected chi connectivity index (χ2v) is 3.53. The van der Waals surface area contributed by atoms with Gasteiger partial charge in [-0.05, 0) is 30.2 Å². The van der Waals surface area contributed by atoms with E-state index in [0.717, 1.165) is 18.1 Å². The van der Waals surface area contributed by atoms with Crippen LogP contribution in [0.3, 0.4) is 0 Å². The number of aromatic nitrogens is 1. The third-order valence-corrected chi connectivity index (χ3v) is 2.44. The fourth-order valence-corrected chi connectivity index (χ4v) is 1.49. The van der Waals surface area contributed by atoms with Crippen molar-refractivity contribution in [3.05, 3.63) is 53.7 Å². The molecule has 0 fully saturated rings. The third kappa shape index (κ3) is 2.08. The van der Waals surface area contributed by atoms with Crippen molar-refractivity contribution in [2.45, 2.75) is 13.3 Å². The van der Waals surface area contributed by atoms with E-state index in [1.807, 2.05) is 13.0 Å². The van der Waals surface area contributed by atoms with Crippen LogP contribution in [0.4, 0.5) is 8.78 Å². The summed E-state index contributed by atoms with van der Waals surface area (Å²) in [5.74, 6) is -1.16. The Morgan fingerprint density at radius 3 is 2.50 bits per heavy atom. The predicted octanol–water partition coefficient (Wildman–Crippen LogP) is 3.59. The van der Waals surface area contributed by atoms with Gasteiger partial charge in [0.25, 0.3) is 0 Å². The Bertz CT molecular complexity index is 492. The van der Waals surface area contributed by atoms with E-state index in [0.29, 0.717) is 11.3 Å². The van der Waals surface area contributed by atoms with Crippen LogP contribution in [0.5, 0.6) is 0 Å². The van der Waals surface area contributed by atoms with E-state index in [9.17, 15) is 8.78 Å². The Morgan fingerprint density at radius 2 is 1.94 bits per heavy atom. The molecule has 0 aliphatic rings. The molecule has 0 saturated carbocycles. The molecule has 0 saturated heterocycles. The van der Waals surface area contributed by atoms with Gasteiger partial charge in [-0.1, -0.05) is 13.0 Å². The molecule has 1 aromatic heterocycles. The zero-order valence-electron chi connectivity index (χ0n) is 8.87. The summed E-state index contributed by atoms with van der Waals surface area (Å²) in [5, 5.41) is 0. The third-order valence-electron chi connectivity index (χ3n) is 2.44. The summed E-state index contributed by atoms with van der Waals surface area (Å²) >= 11 is 0. The topological polar surface area (TPSA) is 12.9 Å². The predicted molar refractivity (Wildman–Crippen MR) is 59.0 cm³/mol. The molecule has 1 heterocycles. The summed E-state index contributed by atoms with van der Waals surface area (Å²) in [6, 6.07) is 7.14. The van der Waals surface area contributed by atoms with Crippen molar-refractivity contribution in [3.8, 4) is 11.3 Å². The number of benzene rings is 1. The minimum absolute atomic E-state index is 0.323. The Hall–Kier alpha value is -1.77. The largest absolute Gasteiger partial charge is 0.256 e. The van der Waals surface area contributed by atoms with Gasteiger partial charge < -0.3 is 0 Å². The van der Waals surface area contributed by atoms with Gasteiger partial charge in [0.05, 0.1) is 5.69 Å². The van der Waals surface area contributed by atoms with Crippen LogP contribution in [0.1, 0.15) is 12.5 Å². The summed E-state index contributed by atoms with van der Waals surface area (Å²) in [7, 11) is 0. The zero-order valence-corrected chi connectivity index (χ0v) is 8.87. The van der Waals surface area contributed by atoms with Crippen molar-refractivity contribution in [1.82, 2.24) is 4.98 Å². The summed E-state index contributed by atoms with van der Waals surface area (Å²) in [6.07, 6.45) is 2.59. The molecule has 2 aromatic rings. The first-order valence-corrected chi connectivity index (χ1v) is 5.11. The Labute approximate surface area is 92.8 Å². The lowest BCUT2D eigenvalue weighted by molar-refractivity contribution is 0.585. The van der Waals surface area contributed by atoms with Crippen LogP contribution in [0.25, 0.3) is 11.3 Å². The van der Waals surface area contributed by atoms with Gasteiger partial charge in [0.15, 0.2) is 0 Å². The SMILES string of the molecule is CCc1ccc(-c2ccc(F)cc2F)nc1. The fraction of sp³-hybridized carbons (Fsp3) is 0.154. The first-order valence-electron chi connectivity index (χ1n) is 5.11. The second-order valence-electron chi connectivity index (χ2n) is 3.53. The first-order chi connectivity index (χ1) is 7.70. The van der Waals surface area contributed by atoms with E-state index in [2.05, 4.69) is 4.98 Å². The molecule has 0 radical (unpaired) electrons. The molecule has 3 heteroatoms. The molecule has 2 rings (SSSR count). The highest BCUT2D eigenvalue weighted by atomic mass is 19.1. The molecule has 0 amide bonds. The molecule has 1 nitrogen and oxygen atoms in total. The van der Waals surface area contributed by atoms with Crippen LogP contribution in [0.15, 0.2) is 36.5 Å². The summed E-state index contributed by atoms with van der Waals surface area (Å²) in [6.45, 7) is 2.02. The molecule has 0 bridgehead atoms. The smallest absolute Gasteiger partial charge is 0.135 e. The molecule has 0 N–H and O–H groups in total. The molecular formula is C13H11F2N. The number of pyridine rings is 1. The van der Waals surface area contributed by atoms with Gasteiger partial charge >= 0.3 is 0 Å². The highest BCUT2D eigenvalue weighted by Gasteiger charge is 2.07. The Balaban J connectivity index is 2.42. The van der Waals surface area contributed by atoms with E-state index in [1.165, 1.54) is 12.1 Å². The van der Waals surface area contributed by atoms with Crippen molar-refractivity contribution >= 4 is 0 Å². The van der Waals surface area contributed by atoms with Gasteiger partial charge in [-0.2, -0.15) is 0 Å². The number of hydrogen-bond donors (Lipinski definition) is 0. The van der Waals surface area contributed by atoms with Crippen LogP contribution in [0, 0.1) is 11.6 Å². The second kappa shape index (κ2) is 4.39. The van der Waals surface area contributed by atoms with Gasteiger partial charge in [0.1, 0.15) is 11.6 Å². The number of rotatable bonds is 2. The van der Waals surface area contributed by atoms with Crippen LogP contribution in [-0.2, 0) is 6.42 Å². The molecule has 82 valence electrons. The number of aryl methyl sites for hydroxylation is 1. The molecular weight excluding hydrogens is 208 g/mol. The van der Waals surface area contributed by atoms with Crippen LogP contribution in [0.2, 0.25) is 0 Å². The van der Waals surface area contributed by atoms with Crippen molar-refractivity contribution in [1.29, 1.82) is 0 Å². The maximum atomic E-state index is 13.4. The van der Waals surface area contributed by atoms with E-state index in [4.69, 9.17) is 0 Å². The van der Waals surface area contributed by atoms with Gasteiger partial charge in [-0.3, -0.25) is 4.98 Å². The van der Waals surface area contributed by atoms with E-state index >= 15 is 0 Å². The summed E-state index contributed by atoms with van der Waals surface area (Å²) < 4.78 is 26.2. The van der Waals surface area contributed by atoms with Gasteiger partial charge in [0, 0.05) is 17.8 Å². The van der Waals surface area contributed by atoms with Crippen LogP contribution in [-0.4, -0.2) is 4.98 Å². The molecule has 0 spiro atoms. The van der Waals surface area contributed by atoms with Crippen molar-refractivity contribution < 1.29 is 8.78 Å². The van der Waals surface area contributed by atoms with Gasteiger partial charge in [0.2, 0.25) is 0 Å². The monoisotopic (exact) mass is 219 g/mol. The highest BCUT2D eigenvalue weighted by Crippen LogP contribution is 2.21. The normalized spacial score (nSPS) is 10.4. The molecule has 0 atom stereocenters. The first kappa shape index (κ1) is 10.7.